The summed E-state index contributed by atoms with van der Waals surface area (Å²) in [4.78, 5) is 26.2. The van der Waals surface area contributed by atoms with Gasteiger partial charge >= 0.3 is 5.97 Å². The van der Waals surface area contributed by atoms with Crippen molar-refractivity contribution in [1.82, 2.24) is 5.32 Å². The number of allylic oxidation sites excluding steroid dienone is 6. The van der Waals surface area contributed by atoms with E-state index in [1.165, 1.54) is 173 Å². The van der Waals surface area contributed by atoms with Crippen molar-refractivity contribution in [3.8, 4) is 0 Å². The predicted molar refractivity (Wildman–Crippen MR) is 278 cm³/mol. The molecule has 0 rings (SSSR count). The lowest BCUT2D eigenvalue weighted by atomic mass is 10.0. The number of hydrogen-bond donors (Lipinski definition) is 3. The number of nitrogens with one attached hydrogen (secondary N) is 1. The Labute approximate surface area is 398 Å². The van der Waals surface area contributed by atoms with Crippen molar-refractivity contribution in [2.24, 2.45) is 0 Å². The second-order valence-corrected chi connectivity index (χ2v) is 19.4. The number of carbonyl (C=O) groups excluding carboxylic acids is 2. The number of ether oxygens (including phenoxy) is 1. The Morgan fingerprint density at radius 3 is 1.22 bits per heavy atom. The van der Waals surface area contributed by atoms with Crippen molar-refractivity contribution in [2.45, 2.75) is 315 Å². The second-order valence-electron chi connectivity index (χ2n) is 19.4. The average Bonchev–Trinajstić information content (AvgIpc) is 3.29. The van der Waals surface area contributed by atoms with Crippen molar-refractivity contribution >= 4 is 11.9 Å². The fraction of sp³-hybridized carbons (Fsp3) is 0.862. The topological polar surface area (TPSA) is 95.9 Å². The maximum absolute atomic E-state index is 13.2. The summed E-state index contributed by atoms with van der Waals surface area (Å²) >= 11 is 0. The standard InChI is InChI=1S/C58H109NO5/c1-4-7-10-13-16-19-22-25-28-30-31-34-37-40-43-46-49-54(64-58(63)51-48-45-42-39-36-33-27-24-21-18-15-12-9-6-3)52-57(62)59-55(53-60)56(61)50-47-44-41-38-35-32-29-26-23-20-17-14-11-8-5-2/h28,30-31,33-34,36,54-56,60-61H,4-27,29,32,35,37-53H2,1-3H3,(H,59,62)/b30-28+,34-31+,36-33-. The van der Waals surface area contributed by atoms with Crippen molar-refractivity contribution in [3.05, 3.63) is 36.5 Å². The minimum Gasteiger partial charge on any atom is -0.462 e. The summed E-state index contributed by atoms with van der Waals surface area (Å²) in [5.41, 5.74) is 0. The van der Waals surface area contributed by atoms with Crippen LogP contribution in [0.4, 0.5) is 0 Å². The number of carbonyl (C=O) groups is 2. The molecule has 0 fully saturated rings. The number of amides is 1. The highest BCUT2D eigenvalue weighted by Crippen LogP contribution is 2.18. The highest BCUT2D eigenvalue weighted by Gasteiger charge is 2.24. The Morgan fingerprint density at radius 1 is 0.453 bits per heavy atom. The highest BCUT2D eigenvalue weighted by atomic mass is 16.5. The zero-order valence-electron chi connectivity index (χ0n) is 42.9. The van der Waals surface area contributed by atoms with Crippen LogP contribution in [-0.4, -0.2) is 46.9 Å². The summed E-state index contributed by atoms with van der Waals surface area (Å²) in [5, 5.41) is 23.8. The first-order valence-electron chi connectivity index (χ1n) is 28.2. The summed E-state index contributed by atoms with van der Waals surface area (Å²) in [6, 6.07) is -0.712. The number of aliphatic hydroxyl groups is 2. The SMILES string of the molecule is CCCCCCCCC/C=C\CCCCCC(=O)OC(CCCCC/C=C/C=C/CCCCCCCCC)CC(=O)NC(CO)C(O)CCCCCCCCCCCCCCCCC. The third-order valence-electron chi connectivity index (χ3n) is 13.0. The Bertz CT molecular complexity index is 1060. The lowest BCUT2D eigenvalue weighted by Gasteiger charge is -2.24. The molecule has 6 heteroatoms. The van der Waals surface area contributed by atoms with Crippen LogP contribution in [0.5, 0.6) is 0 Å². The molecular formula is C58H109NO5. The summed E-state index contributed by atoms with van der Waals surface area (Å²) in [6.07, 6.45) is 62.1. The molecule has 6 nitrogen and oxygen atoms in total. The minimum absolute atomic E-state index is 0.0564. The monoisotopic (exact) mass is 900 g/mol. The average molecular weight is 901 g/mol. The molecule has 376 valence electrons. The lowest BCUT2D eigenvalue weighted by molar-refractivity contribution is -0.151. The molecule has 0 saturated carbocycles. The molecule has 0 aliphatic heterocycles. The van der Waals surface area contributed by atoms with E-state index in [0.29, 0.717) is 19.3 Å². The largest absolute Gasteiger partial charge is 0.462 e. The van der Waals surface area contributed by atoms with Crippen LogP contribution in [0, 0.1) is 0 Å². The van der Waals surface area contributed by atoms with Crippen molar-refractivity contribution in [2.75, 3.05) is 6.61 Å². The number of esters is 1. The van der Waals surface area contributed by atoms with E-state index >= 15 is 0 Å². The quantitative estimate of drug-likeness (QED) is 0.0245. The van der Waals surface area contributed by atoms with Gasteiger partial charge in [0.15, 0.2) is 0 Å². The van der Waals surface area contributed by atoms with E-state index in [2.05, 4.69) is 62.5 Å². The molecule has 64 heavy (non-hydrogen) atoms. The predicted octanol–water partition coefficient (Wildman–Crippen LogP) is 17.2. The van der Waals surface area contributed by atoms with E-state index in [4.69, 9.17) is 4.74 Å². The van der Waals surface area contributed by atoms with Crippen LogP contribution in [-0.2, 0) is 14.3 Å². The molecule has 0 spiro atoms. The molecule has 0 aliphatic carbocycles. The normalized spacial score (nSPS) is 13.4. The Balaban J connectivity index is 4.61. The zero-order chi connectivity index (χ0) is 46.7. The van der Waals surface area contributed by atoms with Gasteiger partial charge in [-0.05, 0) is 77.0 Å². The maximum Gasteiger partial charge on any atom is 0.306 e. The van der Waals surface area contributed by atoms with Gasteiger partial charge in [-0.15, -0.1) is 0 Å². The van der Waals surface area contributed by atoms with Crippen LogP contribution in [0.25, 0.3) is 0 Å². The van der Waals surface area contributed by atoms with Crippen molar-refractivity contribution in [3.63, 3.8) is 0 Å². The molecule has 0 heterocycles. The van der Waals surface area contributed by atoms with Gasteiger partial charge in [-0.25, -0.2) is 0 Å². The fourth-order valence-electron chi connectivity index (χ4n) is 8.65. The van der Waals surface area contributed by atoms with Gasteiger partial charge in [0.2, 0.25) is 5.91 Å². The van der Waals surface area contributed by atoms with Gasteiger partial charge in [0.25, 0.3) is 0 Å². The molecule has 3 N–H and O–H groups in total. The molecule has 0 aromatic rings. The summed E-state index contributed by atoms with van der Waals surface area (Å²) in [7, 11) is 0. The van der Waals surface area contributed by atoms with Gasteiger partial charge < -0.3 is 20.3 Å². The molecule has 3 atom stereocenters. The van der Waals surface area contributed by atoms with Gasteiger partial charge in [0, 0.05) is 6.42 Å². The molecule has 0 aromatic carbocycles. The van der Waals surface area contributed by atoms with Crippen LogP contribution in [0.3, 0.4) is 0 Å². The molecule has 0 radical (unpaired) electrons. The Kier molecular flexibility index (Phi) is 50.5. The third-order valence-corrected chi connectivity index (χ3v) is 13.0. The maximum atomic E-state index is 13.2. The first kappa shape index (κ1) is 62.1. The van der Waals surface area contributed by atoms with Crippen LogP contribution in [0.1, 0.15) is 297 Å². The van der Waals surface area contributed by atoms with Crippen molar-refractivity contribution in [1.29, 1.82) is 0 Å². The van der Waals surface area contributed by atoms with Gasteiger partial charge in [-0.3, -0.25) is 9.59 Å². The molecule has 0 saturated heterocycles. The smallest absolute Gasteiger partial charge is 0.306 e. The highest BCUT2D eigenvalue weighted by molar-refractivity contribution is 5.77. The minimum atomic E-state index is -0.796. The van der Waals surface area contributed by atoms with Crippen LogP contribution in [0.15, 0.2) is 36.5 Å². The van der Waals surface area contributed by atoms with Crippen LogP contribution in [0.2, 0.25) is 0 Å². The molecule has 1 amide bonds. The summed E-state index contributed by atoms with van der Waals surface area (Å²) in [6.45, 7) is 6.49. The van der Waals surface area contributed by atoms with Crippen molar-refractivity contribution < 1.29 is 24.5 Å². The summed E-state index contributed by atoms with van der Waals surface area (Å²) in [5.74, 6) is -0.507. The number of aliphatic hydroxyl groups excluding tert-OH is 2. The first-order valence-corrected chi connectivity index (χ1v) is 28.2. The van der Waals surface area contributed by atoms with Crippen LogP contribution < -0.4 is 5.32 Å². The molecule has 0 aromatic heterocycles. The lowest BCUT2D eigenvalue weighted by Crippen LogP contribution is -2.46. The van der Waals surface area contributed by atoms with Gasteiger partial charge in [0.1, 0.15) is 6.10 Å². The zero-order valence-corrected chi connectivity index (χ0v) is 42.9. The number of hydrogen-bond acceptors (Lipinski definition) is 5. The first-order chi connectivity index (χ1) is 31.5. The van der Waals surface area contributed by atoms with E-state index in [-0.39, 0.29) is 24.9 Å². The number of unbranched alkanes of at least 4 members (excludes halogenated alkanes) is 34. The van der Waals surface area contributed by atoms with Gasteiger partial charge in [-0.2, -0.15) is 0 Å². The van der Waals surface area contributed by atoms with E-state index in [9.17, 15) is 19.8 Å². The summed E-state index contributed by atoms with van der Waals surface area (Å²) < 4.78 is 5.93. The third kappa shape index (κ3) is 46.6. The molecule has 3 unspecified atom stereocenters. The molecule has 0 aliphatic rings. The van der Waals surface area contributed by atoms with Gasteiger partial charge in [0.05, 0.1) is 25.2 Å². The Morgan fingerprint density at radius 2 is 0.797 bits per heavy atom. The van der Waals surface area contributed by atoms with Gasteiger partial charge in [-0.1, -0.05) is 243 Å². The van der Waals surface area contributed by atoms with E-state index in [1.807, 2.05) is 0 Å². The Hall–Kier alpha value is -1.92. The van der Waals surface area contributed by atoms with E-state index < -0.39 is 18.2 Å². The molecular weight excluding hydrogens is 791 g/mol. The van der Waals surface area contributed by atoms with Crippen LogP contribution >= 0.6 is 0 Å². The fourth-order valence-corrected chi connectivity index (χ4v) is 8.65. The second kappa shape index (κ2) is 52.1. The van der Waals surface area contributed by atoms with E-state index in [0.717, 1.165) is 77.0 Å². The number of rotatable bonds is 51. The molecule has 0 bridgehead atoms. The van der Waals surface area contributed by atoms with E-state index in [1.54, 1.807) is 0 Å².